The molecule has 0 saturated carbocycles. The number of rotatable bonds is 4. The van der Waals surface area contributed by atoms with Gasteiger partial charge in [-0.2, -0.15) is 0 Å². The second kappa shape index (κ2) is 6.00. The van der Waals surface area contributed by atoms with Gasteiger partial charge < -0.3 is 14.1 Å². The van der Waals surface area contributed by atoms with Crippen LogP contribution in [0.25, 0.3) is 22.4 Å². The average Bonchev–Trinajstić information content (AvgIpc) is 3.27. The van der Waals surface area contributed by atoms with Gasteiger partial charge in [0.1, 0.15) is 5.69 Å². The summed E-state index contributed by atoms with van der Waals surface area (Å²) in [5.74, 6) is 0.177. The number of aromatic amines is 1. The highest BCUT2D eigenvalue weighted by Crippen LogP contribution is 2.18. The van der Waals surface area contributed by atoms with Crippen LogP contribution in [0.5, 0.6) is 0 Å². The lowest BCUT2D eigenvalue weighted by atomic mass is 10.2. The van der Waals surface area contributed by atoms with Gasteiger partial charge in [-0.15, -0.1) is 10.2 Å². The van der Waals surface area contributed by atoms with Gasteiger partial charge in [0.15, 0.2) is 6.61 Å². The molecule has 0 aliphatic carbocycles. The number of H-pyrrole nitrogens is 1. The van der Waals surface area contributed by atoms with Crippen molar-refractivity contribution in [1.82, 2.24) is 15.2 Å². The number of benzene rings is 2. The van der Waals surface area contributed by atoms with Crippen LogP contribution in [0.4, 0.5) is 0 Å². The Balaban J connectivity index is 1.45. The maximum absolute atomic E-state index is 12.1. The van der Waals surface area contributed by atoms with Gasteiger partial charge in [-0.05, 0) is 24.3 Å². The molecule has 0 spiro atoms. The molecule has 0 radical (unpaired) electrons. The summed E-state index contributed by atoms with van der Waals surface area (Å²) < 4.78 is 10.7. The van der Waals surface area contributed by atoms with E-state index in [1.54, 1.807) is 6.07 Å². The summed E-state index contributed by atoms with van der Waals surface area (Å²) in [7, 11) is 0. The average molecular weight is 319 g/mol. The highest BCUT2D eigenvalue weighted by atomic mass is 16.5. The van der Waals surface area contributed by atoms with Crippen LogP contribution in [0.1, 0.15) is 16.4 Å². The number of esters is 1. The number of nitrogens with one attached hydrogen (secondary N) is 1. The summed E-state index contributed by atoms with van der Waals surface area (Å²) in [6.45, 7) is -0.0754. The monoisotopic (exact) mass is 319 g/mol. The van der Waals surface area contributed by atoms with Crippen molar-refractivity contribution in [2.45, 2.75) is 6.61 Å². The zero-order chi connectivity index (χ0) is 16.4. The van der Waals surface area contributed by atoms with Crippen molar-refractivity contribution in [3.63, 3.8) is 0 Å². The molecule has 6 heteroatoms. The Hall–Kier alpha value is -3.41. The zero-order valence-corrected chi connectivity index (χ0v) is 12.6. The molecule has 1 N–H and O–H groups in total. The first-order chi connectivity index (χ1) is 11.8. The number of para-hydroxylation sites is 1. The quantitative estimate of drug-likeness (QED) is 0.582. The Kier molecular flexibility index (Phi) is 3.55. The van der Waals surface area contributed by atoms with Crippen LogP contribution < -0.4 is 0 Å². The number of hydrogen-bond acceptors (Lipinski definition) is 5. The molecule has 2 heterocycles. The molecule has 2 aromatic heterocycles. The molecule has 0 amide bonds. The minimum Gasteiger partial charge on any atom is -0.451 e. The number of carbonyl (C=O) groups is 1. The Morgan fingerprint density at radius 3 is 2.67 bits per heavy atom. The van der Waals surface area contributed by atoms with E-state index in [2.05, 4.69) is 15.2 Å². The van der Waals surface area contributed by atoms with Crippen LogP contribution in [-0.4, -0.2) is 21.2 Å². The van der Waals surface area contributed by atoms with Gasteiger partial charge in [0, 0.05) is 16.5 Å². The predicted octanol–water partition coefficient (Wildman–Crippen LogP) is 3.57. The SMILES string of the molecule is O=C(OCc1nnc(-c2ccccc2)o1)c1cc2ccccc2[nH]1. The van der Waals surface area contributed by atoms with Gasteiger partial charge in [-0.3, -0.25) is 0 Å². The molecule has 0 unspecified atom stereocenters. The van der Waals surface area contributed by atoms with Crippen LogP contribution >= 0.6 is 0 Å². The van der Waals surface area contributed by atoms with Crippen molar-refractivity contribution in [2.75, 3.05) is 0 Å². The highest BCUT2D eigenvalue weighted by Gasteiger charge is 2.14. The Labute approximate surface area is 137 Å². The molecule has 118 valence electrons. The summed E-state index contributed by atoms with van der Waals surface area (Å²) in [6, 6.07) is 18.8. The fourth-order valence-electron chi connectivity index (χ4n) is 2.40. The minimum absolute atomic E-state index is 0.0754. The van der Waals surface area contributed by atoms with Crippen molar-refractivity contribution in [1.29, 1.82) is 0 Å². The molecule has 24 heavy (non-hydrogen) atoms. The second-order valence-corrected chi connectivity index (χ2v) is 5.21. The van der Waals surface area contributed by atoms with Gasteiger partial charge in [0.2, 0.25) is 5.89 Å². The van der Waals surface area contributed by atoms with Crippen LogP contribution in [-0.2, 0) is 11.3 Å². The first-order valence-electron chi connectivity index (χ1n) is 7.42. The van der Waals surface area contributed by atoms with E-state index in [-0.39, 0.29) is 12.5 Å². The van der Waals surface area contributed by atoms with E-state index in [0.29, 0.717) is 11.6 Å². The number of fused-ring (bicyclic) bond motifs is 1. The lowest BCUT2D eigenvalue weighted by Crippen LogP contribution is -2.05. The third kappa shape index (κ3) is 2.77. The van der Waals surface area contributed by atoms with Crippen molar-refractivity contribution in [3.8, 4) is 11.5 Å². The first kappa shape index (κ1) is 14.2. The van der Waals surface area contributed by atoms with E-state index < -0.39 is 5.97 Å². The minimum atomic E-state index is -0.467. The third-order valence-electron chi connectivity index (χ3n) is 3.56. The molecule has 4 rings (SSSR count). The molecule has 0 aliphatic heterocycles. The molecule has 4 aromatic rings. The number of ether oxygens (including phenoxy) is 1. The molecule has 0 aliphatic rings. The van der Waals surface area contributed by atoms with Crippen LogP contribution in [0.15, 0.2) is 65.1 Å². The predicted molar refractivity (Wildman–Crippen MR) is 87.2 cm³/mol. The van der Waals surface area contributed by atoms with E-state index in [1.807, 2.05) is 54.6 Å². The van der Waals surface area contributed by atoms with Crippen molar-refractivity contribution < 1.29 is 13.9 Å². The molecule has 0 fully saturated rings. The van der Waals surface area contributed by atoms with Gasteiger partial charge in [-0.25, -0.2) is 4.79 Å². The first-order valence-corrected chi connectivity index (χ1v) is 7.42. The normalized spacial score (nSPS) is 10.8. The van der Waals surface area contributed by atoms with E-state index in [1.165, 1.54) is 0 Å². The molecule has 0 saturated heterocycles. The maximum atomic E-state index is 12.1. The number of carbonyl (C=O) groups excluding carboxylic acids is 1. The third-order valence-corrected chi connectivity index (χ3v) is 3.56. The largest absolute Gasteiger partial charge is 0.451 e. The number of hydrogen-bond donors (Lipinski definition) is 1. The fraction of sp³-hybridized carbons (Fsp3) is 0.0556. The van der Waals surface area contributed by atoms with E-state index in [0.717, 1.165) is 16.5 Å². The van der Waals surface area contributed by atoms with Gasteiger partial charge in [0.05, 0.1) is 0 Å². The maximum Gasteiger partial charge on any atom is 0.355 e. The topological polar surface area (TPSA) is 81.0 Å². The molecule has 0 atom stereocenters. The lowest BCUT2D eigenvalue weighted by molar-refractivity contribution is 0.0433. The van der Waals surface area contributed by atoms with E-state index in [9.17, 15) is 4.79 Å². The standard InChI is InChI=1S/C18H13N3O3/c22-18(15-10-13-8-4-5-9-14(13)19-15)23-11-16-20-21-17(24-16)12-6-2-1-3-7-12/h1-10,19H,11H2. The lowest BCUT2D eigenvalue weighted by Gasteiger charge is -1.99. The summed E-state index contributed by atoms with van der Waals surface area (Å²) in [5.41, 5.74) is 2.09. The van der Waals surface area contributed by atoms with Gasteiger partial charge in [-0.1, -0.05) is 36.4 Å². The van der Waals surface area contributed by atoms with Gasteiger partial charge in [0.25, 0.3) is 5.89 Å². The van der Waals surface area contributed by atoms with Crippen LogP contribution in [0, 0.1) is 0 Å². The number of aromatic nitrogens is 3. The van der Waals surface area contributed by atoms with Crippen LogP contribution in [0.2, 0.25) is 0 Å². The summed E-state index contributed by atoms with van der Waals surface area (Å²) in [5, 5.41) is 8.81. The smallest absolute Gasteiger partial charge is 0.355 e. The summed E-state index contributed by atoms with van der Waals surface area (Å²) in [4.78, 5) is 15.1. The van der Waals surface area contributed by atoms with Crippen molar-refractivity contribution in [3.05, 3.63) is 72.2 Å². The Morgan fingerprint density at radius 2 is 1.83 bits per heavy atom. The number of nitrogens with zero attached hydrogens (tertiary/aromatic N) is 2. The molecular formula is C18H13N3O3. The summed E-state index contributed by atoms with van der Waals surface area (Å²) >= 11 is 0. The molecule has 2 aromatic carbocycles. The van der Waals surface area contributed by atoms with Gasteiger partial charge >= 0.3 is 5.97 Å². The van der Waals surface area contributed by atoms with Crippen LogP contribution in [0.3, 0.4) is 0 Å². The highest BCUT2D eigenvalue weighted by molar-refractivity contribution is 5.94. The Morgan fingerprint density at radius 1 is 1.04 bits per heavy atom. The molecular weight excluding hydrogens is 306 g/mol. The van der Waals surface area contributed by atoms with Crippen molar-refractivity contribution in [2.24, 2.45) is 0 Å². The Bertz CT molecular complexity index is 956. The second-order valence-electron chi connectivity index (χ2n) is 5.21. The zero-order valence-electron chi connectivity index (χ0n) is 12.6. The van der Waals surface area contributed by atoms with E-state index >= 15 is 0 Å². The molecule has 6 nitrogen and oxygen atoms in total. The van der Waals surface area contributed by atoms with Crippen molar-refractivity contribution >= 4 is 16.9 Å². The fourth-order valence-corrected chi connectivity index (χ4v) is 2.40. The summed E-state index contributed by atoms with van der Waals surface area (Å²) in [6.07, 6.45) is 0. The van der Waals surface area contributed by atoms with E-state index in [4.69, 9.17) is 9.15 Å². The molecule has 0 bridgehead atoms.